The molecule has 2 aliphatic heterocycles. The minimum atomic E-state index is -1.99. The van der Waals surface area contributed by atoms with E-state index in [1.807, 2.05) is 13.8 Å². The van der Waals surface area contributed by atoms with E-state index in [0.29, 0.717) is 18.6 Å². The highest BCUT2D eigenvalue weighted by Gasteiger charge is 2.48. The van der Waals surface area contributed by atoms with Gasteiger partial charge >= 0.3 is 5.97 Å². The standard InChI is InChI=1S/C24H42O6Si/c1-9-10-11-12-13-14-18(25)20-17(15-27-22(20)26)21-19(29-24(5,6)30-21)16-28-31(7,8)23(2,3)4/h19,21H,9-16H2,1-8H3/t19-,21-/m0/s1. The molecule has 0 bridgehead atoms. The minimum absolute atomic E-state index is 0.0715. The summed E-state index contributed by atoms with van der Waals surface area (Å²) in [4.78, 5) is 25.3. The number of carbonyl (C=O) groups is 2. The Morgan fingerprint density at radius 1 is 1.13 bits per heavy atom. The van der Waals surface area contributed by atoms with Crippen molar-refractivity contribution in [3.63, 3.8) is 0 Å². The summed E-state index contributed by atoms with van der Waals surface area (Å²) in [7, 11) is -1.99. The molecule has 1 fully saturated rings. The Morgan fingerprint density at radius 3 is 2.39 bits per heavy atom. The number of Topliss-reactive ketones (excluding diaryl/α,β-unsaturated/α-hetero) is 1. The van der Waals surface area contributed by atoms with Gasteiger partial charge in [0.25, 0.3) is 0 Å². The van der Waals surface area contributed by atoms with Gasteiger partial charge in [-0.15, -0.1) is 0 Å². The zero-order valence-electron chi connectivity index (χ0n) is 20.8. The van der Waals surface area contributed by atoms with Crippen LogP contribution in [0.1, 0.15) is 80.1 Å². The maximum Gasteiger partial charge on any atom is 0.342 e. The molecule has 1 saturated heterocycles. The molecule has 0 N–H and O–H groups in total. The van der Waals surface area contributed by atoms with Crippen molar-refractivity contribution in [1.82, 2.24) is 0 Å². The third-order valence-electron chi connectivity index (χ3n) is 6.61. The third kappa shape index (κ3) is 6.73. The quantitative estimate of drug-likeness (QED) is 0.182. The second kappa shape index (κ2) is 10.3. The second-order valence-corrected chi connectivity index (χ2v) is 15.5. The van der Waals surface area contributed by atoms with Crippen molar-refractivity contribution in [2.24, 2.45) is 0 Å². The van der Waals surface area contributed by atoms with Crippen molar-refractivity contribution in [3.05, 3.63) is 11.1 Å². The predicted octanol–water partition coefficient (Wildman–Crippen LogP) is 5.31. The van der Waals surface area contributed by atoms with Crippen LogP contribution < -0.4 is 0 Å². The van der Waals surface area contributed by atoms with Crippen LogP contribution in [0.3, 0.4) is 0 Å². The summed E-state index contributed by atoms with van der Waals surface area (Å²) < 4.78 is 23.9. The van der Waals surface area contributed by atoms with Gasteiger partial charge in [-0.05, 0) is 38.4 Å². The van der Waals surface area contributed by atoms with Crippen molar-refractivity contribution in [2.75, 3.05) is 13.2 Å². The zero-order chi connectivity index (χ0) is 23.4. The van der Waals surface area contributed by atoms with Gasteiger partial charge in [0.1, 0.15) is 24.4 Å². The Balaban J connectivity index is 2.16. The predicted molar refractivity (Wildman–Crippen MR) is 123 cm³/mol. The number of rotatable bonds is 11. The summed E-state index contributed by atoms with van der Waals surface area (Å²) in [6.45, 7) is 17.3. The molecule has 0 aromatic heterocycles. The van der Waals surface area contributed by atoms with E-state index in [4.69, 9.17) is 18.6 Å². The molecule has 178 valence electrons. The lowest BCUT2D eigenvalue weighted by molar-refractivity contribution is -0.146. The van der Waals surface area contributed by atoms with Gasteiger partial charge in [-0.2, -0.15) is 0 Å². The summed E-state index contributed by atoms with van der Waals surface area (Å²) in [6.07, 6.45) is 4.67. The van der Waals surface area contributed by atoms with Crippen molar-refractivity contribution in [1.29, 1.82) is 0 Å². The van der Waals surface area contributed by atoms with Crippen LogP contribution in [0.25, 0.3) is 0 Å². The molecular weight excluding hydrogens is 412 g/mol. The number of ketones is 1. The molecule has 0 saturated carbocycles. The largest absolute Gasteiger partial charge is 0.457 e. The van der Waals surface area contributed by atoms with E-state index >= 15 is 0 Å². The Bertz CT molecular complexity index is 689. The summed E-state index contributed by atoms with van der Waals surface area (Å²) in [6, 6.07) is 0. The summed E-state index contributed by atoms with van der Waals surface area (Å²) in [5.41, 5.74) is 0.775. The van der Waals surface area contributed by atoms with Gasteiger partial charge in [0, 0.05) is 12.0 Å². The Kier molecular flexibility index (Phi) is 8.70. The van der Waals surface area contributed by atoms with Crippen LogP contribution in [0, 0.1) is 0 Å². The minimum Gasteiger partial charge on any atom is -0.457 e. The molecule has 0 aromatic carbocycles. The fraction of sp³-hybridized carbons (Fsp3) is 0.833. The number of hydrogen-bond donors (Lipinski definition) is 0. The maximum absolute atomic E-state index is 12.9. The Labute approximate surface area is 189 Å². The third-order valence-corrected chi connectivity index (χ3v) is 11.1. The average Bonchev–Trinajstić information content (AvgIpc) is 3.17. The van der Waals surface area contributed by atoms with Gasteiger partial charge < -0.3 is 18.6 Å². The van der Waals surface area contributed by atoms with Gasteiger partial charge in [-0.1, -0.05) is 53.4 Å². The van der Waals surface area contributed by atoms with Crippen LogP contribution in [0.15, 0.2) is 11.1 Å². The smallest absolute Gasteiger partial charge is 0.342 e. The molecule has 0 radical (unpaired) electrons. The molecule has 0 spiro atoms. The molecule has 2 rings (SSSR count). The van der Waals surface area contributed by atoms with Crippen LogP contribution in [-0.2, 0) is 28.2 Å². The molecule has 0 unspecified atom stereocenters. The van der Waals surface area contributed by atoms with Gasteiger partial charge in [0.15, 0.2) is 19.9 Å². The Hall–Kier alpha value is -1.02. The molecule has 2 atom stereocenters. The molecule has 0 amide bonds. The summed E-state index contributed by atoms with van der Waals surface area (Å²) in [5.74, 6) is -1.50. The molecule has 2 aliphatic rings. The number of hydrogen-bond acceptors (Lipinski definition) is 6. The van der Waals surface area contributed by atoms with Crippen molar-refractivity contribution >= 4 is 20.1 Å². The average molecular weight is 455 g/mol. The normalized spacial score (nSPS) is 24.1. The van der Waals surface area contributed by atoms with E-state index in [2.05, 4.69) is 40.8 Å². The molecule has 7 heteroatoms. The highest BCUT2D eigenvalue weighted by atomic mass is 28.4. The Morgan fingerprint density at radius 2 is 1.77 bits per heavy atom. The molecule has 2 heterocycles. The lowest BCUT2D eigenvalue weighted by atomic mass is 9.96. The van der Waals surface area contributed by atoms with E-state index in [9.17, 15) is 9.59 Å². The topological polar surface area (TPSA) is 71.1 Å². The van der Waals surface area contributed by atoms with Crippen LogP contribution in [-0.4, -0.2) is 51.3 Å². The highest BCUT2D eigenvalue weighted by molar-refractivity contribution is 6.74. The van der Waals surface area contributed by atoms with E-state index in [1.54, 1.807) is 0 Å². The fourth-order valence-corrected chi connectivity index (χ4v) is 4.72. The number of esters is 1. The van der Waals surface area contributed by atoms with E-state index in [0.717, 1.165) is 25.7 Å². The van der Waals surface area contributed by atoms with Gasteiger partial charge in [0.2, 0.25) is 0 Å². The van der Waals surface area contributed by atoms with Crippen molar-refractivity contribution in [3.8, 4) is 0 Å². The first-order chi connectivity index (χ1) is 14.3. The van der Waals surface area contributed by atoms with Gasteiger partial charge in [-0.3, -0.25) is 4.79 Å². The van der Waals surface area contributed by atoms with Crippen molar-refractivity contribution in [2.45, 2.75) is 116 Å². The zero-order valence-corrected chi connectivity index (χ0v) is 21.8. The van der Waals surface area contributed by atoms with Gasteiger partial charge in [-0.25, -0.2) is 4.79 Å². The molecule has 31 heavy (non-hydrogen) atoms. The van der Waals surface area contributed by atoms with E-state index in [1.165, 1.54) is 6.42 Å². The summed E-state index contributed by atoms with van der Waals surface area (Å²) in [5, 5.41) is 0.0715. The van der Waals surface area contributed by atoms with E-state index in [-0.39, 0.29) is 29.1 Å². The molecule has 0 aliphatic carbocycles. The number of ether oxygens (including phenoxy) is 3. The van der Waals surface area contributed by atoms with Crippen LogP contribution in [0.5, 0.6) is 0 Å². The van der Waals surface area contributed by atoms with E-state index < -0.39 is 26.2 Å². The highest BCUT2D eigenvalue weighted by Crippen LogP contribution is 2.39. The van der Waals surface area contributed by atoms with Crippen LogP contribution in [0.4, 0.5) is 0 Å². The molecule has 0 aromatic rings. The first kappa shape index (κ1) is 26.2. The number of cyclic esters (lactones) is 1. The second-order valence-electron chi connectivity index (χ2n) is 10.7. The lowest BCUT2D eigenvalue weighted by Gasteiger charge is -2.37. The monoisotopic (exact) mass is 454 g/mol. The van der Waals surface area contributed by atoms with Crippen LogP contribution >= 0.6 is 0 Å². The summed E-state index contributed by atoms with van der Waals surface area (Å²) >= 11 is 0. The maximum atomic E-state index is 12.9. The first-order valence-corrected chi connectivity index (χ1v) is 14.6. The van der Waals surface area contributed by atoms with Crippen LogP contribution in [0.2, 0.25) is 18.1 Å². The molecular formula is C24H42O6Si. The van der Waals surface area contributed by atoms with Crippen molar-refractivity contribution < 1.29 is 28.2 Å². The SMILES string of the molecule is CCCCCCCC(=O)C1=C([C@@H]2OC(C)(C)O[C@H]2CO[Si](C)(C)C(C)(C)C)COC1=O. The number of unbranched alkanes of at least 4 members (excludes halogenated alkanes) is 4. The fourth-order valence-electron chi connectivity index (χ4n) is 3.71. The van der Waals surface area contributed by atoms with Gasteiger partial charge in [0.05, 0.1) is 6.61 Å². The number of carbonyl (C=O) groups excluding carboxylic acids is 2. The first-order valence-electron chi connectivity index (χ1n) is 11.7. The lowest BCUT2D eigenvalue weighted by Crippen LogP contribution is -2.44. The molecule has 6 nitrogen and oxygen atoms in total.